The van der Waals surface area contributed by atoms with Crippen LogP contribution in [0.15, 0.2) is 0 Å². The average Bonchev–Trinajstić information content (AvgIpc) is 2.74. The number of carbonyl (C=O) groups excluding carboxylic acids is 1. The van der Waals surface area contributed by atoms with Crippen molar-refractivity contribution in [1.82, 2.24) is 4.90 Å². The molecule has 0 aromatic heterocycles. The van der Waals surface area contributed by atoms with Crippen LogP contribution in [0.2, 0.25) is 0 Å². The molecule has 4 heteroatoms. The summed E-state index contributed by atoms with van der Waals surface area (Å²) < 4.78 is 0. The fourth-order valence-electron chi connectivity index (χ4n) is 2.56. The topological polar surface area (TPSA) is 66.6 Å². The Morgan fingerprint density at radius 3 is 2.38 bits per heavy atom. The Hall–Kier alpha value is -0.610. The molecule has 0 atom stereocenters. The summed E-state index contributed by atoms with van der Waals surface area (Å²) in [5.41, 5.74) is 5.45. The van der Waals surface area contributed by atoms with Crippen molar-refractivity contribution in [2.24, 2.45) is 11.1 Å². The first-order valence-corrected chi connectivity index (χ1v) is 6.19. The number of nitrogens with two attached hydrogens (primary N) is 1. The minimum Gasteiger partial charge on any atom is -0.395 e. The molecular weight excluding hydrogens is 204 g/mol. The highest BCUT2D eigenvalue weighted by atomic mass is 16.3. The quantitative estimate of drug-likeness (QED) is 0.729. The highest BCUT2D eigenvalue weighted by molar-refractivity contribution is 5.83. The van der Waals surface area contributed by atoms with Gasteiger partial charge in [-0.3, -0.25) is 4.79 Å². The van der Waals surface area contributed by atoms with Crippen molar-refractivity contribution < 1.29 is 9.90 Å². The second kappa shape index (κ2) is 5.64. The van der Waals surface area contributed by atoms with Crippen molar-refractivity contribution in [3.05, 3.63) is 0 Å². The molecule has 0 heterocycles. The standard InChI is InChI=1S/C12H24N2O2/c1-10(2)14(7-8-15)11(16)12(9-13)5-3-4-6-12/h10,15H,3-9,13H2,1-2H3. The van der Waals surface area contributed by atoms with Crippen LogP contribution in [-0.2, 0) is 4.79 Å². The van der Waals surface area contributed by atoms with E-state index in [1.54, 1.807) is 4.90 Å². The lowest BCUT2D eigenvalue weighted by atomic mass is 9.84. The molecule has 1 aliphatic rings. The van der Waals surface area contributed by atoms with Gasteiger partial charge in [-0.05, 0) is 26.7 Å². The van der Waals surface area contributed by atoms with Gasteiger partial charge in [0.2, 0.25) is 5.91 Å². The van der Waals surface area contributed by atoms with Gasteiger partial charge in [0.05, 0.1) is 12.0 Å². The smallest absolute Gasteiger partial charge is 0.230 e. The summed E-state index contributed by atoms with van der Waals surface area (Å²) in [4.78, 5) is 14.2. The lowest BCUT2D eigenvalue weighted by Crippen LogP contribution is -2.50. The Bertz CT molecular complexity index is 235. The Labute approximate surface area is 97.8 Å². The normalized spacial score (nSPS) is 19.1. The zero-order valence-corrected chi connectivity index (χ0v) is 10.4. The van der Waals surface area contributed by atoms with E-state index in [1.165, 1.54) is 0 Å². The maximum absolute atomic E-state index is 12.5. The Balaban J connectivity index is 2.79. The fourth-order valence-corrected chi connectivity index (χ4v) is 2.56. The minimum atomic E-state index is -0.348. The van der Waals surface area contributed by atoms with E-state index in [9.17, 15) is 4.79 Å². The molecular formula is C12H24N2O2. The van der Waals surface area contributed by atoms with Gasteiger partial charge in [-0.2, -0.15) is 0 Å². The lowest BCUT2D eigenvalue weighted by Gasteiger charge is -2.35. The van der Waals surface area contributed by atoms with E-state index in [2.05, 4.69) is 0 Å². The van der Waals surface area contributed by atoms with Crippen LogP contribution in [0.4, 0.5) is 0 Å². The number of aliphatic hydroxyl groups is 1. The van der Waals surface area contributed by atoms with Crippen molar-refractivity contribution in [3.63, 3.8) is 0 Å². The van der Waals surface area contributed by atoms with Gasteiger partial charge in [0.25, 0.3) is 0 Å². The number of amides is 1. The maximum Gasteiger partial charge on any atom is 0.230 e. The minimum absolute atomic E-state index is 0.0184. The van der Waals surface area contributed by atoms with Gasteiger partial charge in [0.1, 0.15) is 0 Å². The van der Waals surface area contributed by atoms with Crippen molar-refractivity contribution in [2.75, 3.05) is 19.7 Å². The molecule has 1 aliphatic carbocycles. The van der Waals surface area contributed by atoms with Gasteiger partial charge in [0.15, 0.2) is 0 Å². The van der Waals surface area contributed by atoms with Crippen LogP contribution in [0, 0.1) is 5.41 Å². The van der Waals surface area contributed by atoms with E-state index in [1.807, 2.05) is 13.8 Å². The van der Waals surface area contributed by atoms with E-state index < -0.39 is 0 Å². The monoisotopic (exact) mass is 228 g/mol. The Morgan fingerprint density at radius 1 is 1.44 bits per heavy atom. The molecule has 4 nitrogen and oxygen atoms in total. The third kappa shape index (κ3) is 2.55. The van der Waals surface area contributed by atoms with Crippen LogP contribution in [0.5, 0.6) is 0 Å². The molecule has 0 radical (unpaired) electrons. The first-order chi connectivity index (χ1) is 7.57. The van der Waals surface area contributed by atoms with Gasteiger partial charge in [-0.25, -0.2) is 0 Å². The second-order valence-corrected chi connectivity index (χ2v) is 5.01. The molecule has 1 saturated carbocycles. The van der Waals surface area contributed by atoms with Crippen molar-refractivity contribution >= 4 is 5.91 Å². The van der Waals surface area contributed by atoms with E-state index in [0.29, 0.717) is 13.1 Å². The van der Waals surface area contributed by atoms with Crippen molar-refractivity contribution in [2.45, 2.75) is 45.6 Å². The molecule has 0 aromatic carbocycles. The number of carbonyl (C=O) groups is 1. The Morgan fingerprint density at radius 2 is 2.00 bits per heavy atom. The number of nitrogens with zero attached hydrogens (tertiary/aromatic N) is 1. The SMILES string of the molecule is CC(C)N(CCO)C(=O)C1(CN)CCCC1. The van der Waals surface area contributed by atoms with E-state index in [0.717, 1.165) is 25.7 Å². The van der Waals surface area contributed by atoms with Gasteiger partial charge in [-0.15, -0.1) is 0 Å². The summed E-state index contributed by atoms with van der Waals surface area (Å²) in [6, 6.07) is 0.128. The van der Waals surface area contributed by atoms with E-state index in [4.69, 9.17) is 10.8 Å². The van der Waals surface area contributed by atoms with Crippen LogP contribution in [-0.4, -0.2) is 41.7 Å². The molecule has 0 unspecified atom stereocenters. The predicted octanol–water partition coefficient (Wildman–Crippen LogP) is 0.735. The summed E-state index contributed by atoms with van der Waals surface area (Å²) in [6.45, 7) is 4.82. The number of rotatable bonds is 5. The molecule has 0 bridgehead atoms. The van der Waals surface area contributed by atoms with Crippen LogP contribution < -0.4 is 5.73 Å². The van der Waals surface area contributed by atoms with Crippen LogP contribution >= 0.6 is 0 Å². The third-order valence-electron chi connectivity index (χ3n) is 3.63. The molecule has 94 valence electrons. The molecule has 16 heavy (non-hydrogen) atoms. The predicted molar refractivity (Wildman–Crippen MR) is 63.9 cm³/mol. The van der Waals surface area contributed by atoms with Gasteiger partial charge >= 0.3 is 0 Å². The summed E-state index contributed by atoms with van der Waals surface area (Å²) in [5.74, 6) is 0.136. The first kappa shape index (κ1) is 13.5. The summed E-state index contributed by atoms with van der Waals surface area (Å²) in [6.07, 6.45) is 3.98. The van der Waals surface area contributed by atoms with Crippen molar-refractivity contribution in [1.29, 1.82) is 0 Å². The third-order valence-corrected chi connectivity index (χ3v) is 3.63. The molecule has 0 aromatic rings. The van der Waals surface area contributed by atoms with Crippen LogP contribution in [0.1, 0.15) is 39.5 Å². The molecule has 0 aliphatic heterocycles. The van der Waals surface area contributed by atoms with Gasteiger partial charge in [-0.1, -0.05) is 12.8 Å². The highest BCUT2D eigenvalue weighted by Gasteiger charge is 2.42. The summed E-state index contributed by atoms with van der Waals surface area (Å²) in [7, 11) is 0. The van der Waals surface area contributed by atoms with Gasteiger partial charge in [0, 0.05) is 19.1 Å². The molecule has 0 saturated heterocycles. The second-order valence-electron chi connectivity index (χ2n) is 5.01. The summed E-state index contributed by atoms with van der Waals surface area (Å²) >= 11 is 0. The van der Waals surface area contributed by atoms with E-state index in [-0.39, 0.29) is 24.0 Å². The molecule has 1 fully saturated rings. The largest absolute Gasteiger partial charge is 0.395 e. The molecule has 0 spiro atoms. The fraction of sp³-hybridized carbons (Fsp3) is 0.917. The van der Waals surface area contributed by atoms with Gasteiger partial charge < -0.3 is 15.7 Å². The van der Waals surface area contributed by atoms with Crippen LogP contribution in [0.3, 0.4) is 0 Å². The maximum atomic E-state index is 12.5. The van der Waals surface area contributed by atoms with E-state index >= 15 is 0 Å². The highest BCUT2D eigenvalue weighted by Crippen LogP contribution is 2.39. The Kier molecular flexibility index (Phi) is 4.74. The number of aliphatic hydroxyl groups excluding tert-OH is 1. The lowest BCUT2D eigenvalue weighted by molar-refractivity contribution is -0.143. The number of hydrogen-bond acceptors (Lipinski definition) is 3. The molecule has 3 N–H and O–H groups in total. The molecule has 1 rings (SSSR count). The molecule has 1 amide bonds. The van der Waals surface area contributed by atoms with Crippen LogP contribution in [0.25, 0.3) is 0 Å². The zero-order valence-electron chi connectivity index (χ0n) is 10.4. The zero-order chi connectivity index (χ0) is 12.2. The number of hydrogen-bond donors (Lipinski definition) is 2. The van der Waals surface area contributed by atoms with Crippen molar-refractivity contribution in [3.8, 4) is 0 Å². The summed E-state index contributed by atoms with van der Waals surface area (Å²) in [5, 5.41) is 9.01. The first-order valence-electron chi connectivity index (χ1n) is 6.19. The average molecular weight is 228 g/mol.